The lowest BCUT2D eigenvalue weighted by Crippen LogP contribution is -2.57. The monoisotopic (exact) mass is 235 g/mol. The predicted molar refractivity (Wildman–Crippen MR) is 66.6 cm³/mol. The van der Waals surface area contributed by atoms with Gasteiger partial charge in [-0.1, -0.05) is 12.2 Å². The van der Waals surface area contributed by atoms with Crippen molar-refractivity contribution in [3.63, 3.8) is 0 Å². The van der Waals surface area contributed by atoms with Crippen LogP contribution in [0.25, 0.3) is 0 Å². The van der Waals surface area contributed by atoms with E-state index >= 15 is 0 Å². The third-order valence-corrected chi connectivity index (χ3v) is 3.69. The second-order valence-electron chi connectivity index (χ2n) is 4.79. The summed E-state index contributed by atoms with van der Waals surface area (Å²) < 4.78 is 5.23. The average molecular weight is 235 g/mol. The van der Waals surface area contributed by atoms with Crippen LogP contribution < -0.4 is 0 Å². The van der Waals surface area contributed by atoms with E-state index < -0.39 is 0 Å². The zero-order chi connectivity index (χ0) is 12.1. The number of nitrogens with zero attached hydrogens (tertiary/aromatic N) is 3. The van der Waals surface area contributed by atoms with E-state index in [-0.39, 0.29) is 0 Å². The molecule has 0 amide bonds. The van der Waals surface area contributed by atoms with Gasteiger partial charge < -0.3 is 4.74 Å². The third-order valence-electron chi connectivity index (χ3n) is 3.69. The summed E-state index contributed by atoms with van der Waals surface area (Å²) in [6.45, 7) is 8.56. The first kappa shape index (κ1) is 12.6. The Morgan fingerprint density at radius 2 is 2.06 bits per heavy atom. The number of nitriles is 1. The second kappa shape index (κ2) is 6.15. The van der Waals surface area contributed by atoms with Gasteiger partial charge in [-0.25, -0.2) is 0 Å². The van der Waals surface area contributed by atoms with Crippen molar-refractivity contribution in [3.8, 4) is 6.07 Å². The van der Waals surface area contributed by atoms with Gasteiger partial charge in [-0.2, -0.15) is 5.26 Å². The Morgan fingerprint density at radius 3 is 2.59 bits per heavy atom. The Bertz CT molecular complexity index is 298. The summed E-state index contributed by atoms with van der Waals surface area (Å²) in [6, 6.07) is 3.25. The average Bonchev–Trinajstić information content (AvgIpc) is 2.28. The topological polar surface area (TPSA) is 39.5 Å². The molecule has 0 aliphatic carbocycles. The van der Waals surface area contributed by atoms with Gasteiger partial charge in [0.2, 0.25) is 0 Å². The van der Waals surface area contributed by atoms with E-state index in [4.69, 9.17) is 10.00 Å². The minimum atomic E-state index is 0.447. The molecule has 94 valence electrons. The Hall–Kier alpha value is -0.890. The molecule has 0 bridgehead atoms. The minimum absolute atomic E-state index is 0.447. The zero-order valence-corrected chi connectivity index (χ0v) is 10.5. The third kappa shape index (κ3) is 3.29. The van der Waals surface area contributed by atoms with E-state index in [1.165, 1.54) is 0 Å². The van der Waals surface area contributed by atoms with E-state index in [0.29, 0.717) is 18.5 Å². The maximum atomic E-state index is 8.49. The van der Waals surface area contributed by atoms with Gasteiger partial charge in [0.25, 0.3) is 0 Å². The standard InChI is InChI=1S/C13H21N3O/c1-12(4-2-3-5-14)15-6-8-16(9-7-15)13-10-17-11-13/h2,4,12-13H,3,6-11H2,1H3. The number of ether oxygens (including phenoxy) is 1. The van der Waals surface area contributed by atoms with Gasteiger partial charge in [-0.3, -0.25) is 9.80 Å². The molecule has 2 aliphatic rings. The number of piperazine rings is 1. The van der Waals surface area contributed by atoms with Crippen LogP contribution in [0.2, 0.25) is 0 Å². The Balaban J connectivity index is 1.72. The molecule has 2 aliphatic heterocycles. The van der Waals surface area contributed by atoms with Crippen LogP contribution in [0.4, 0.5) is 0 Å². The van der Waals surface area contributed by atoms with Crippen molar-refractivity contribution >= 4 is 0 Å². The summed E-state index contributed by atoms with van der Waals surface area (Å²) in [7, 11) is 0. The quantitative estimate of drug-likeness (QED) is 0.678. The van der Waals surface area contributed by atoms with Crippen molar-refractivity contribution in [2.24, 2.45) is 0 Å². The van der Waals surface area contributed by atoms with Crippen LogP contribution in [0.1, 0.15) is 13.3 Å². The summed E-state index contributed by atoms with van der Waals surface area (Å²) in [5.41, 5.74) is 0. The van der Waals surface area contributed by atoms with E-state index in [1.807, 2.05) is 6.08 Å². The SMILES string of the molecule is CC(C=CCC#N)N1CCN(C2COC2)CC1. The molecule has 0 aromatic rings. The number of hydrogen-bond acceptors (Lipinski definition) is 4. The first-order valence-corrected chi connectivity index (χ1v) is 6.40. The fraction of sp³-hybridized carbons (Fsp3) is 0.769. The lowest BCUT2D eigenvalue weighted by atomic mass is 10.1. The Morgan fingerprint density at radius 1 is 1.35 bits per heavy atom. The first-order valence-electron chi connectivity index (χ1n) is 6.40. The van der Waals surface area contributed by atoms with E-state index in [9.17, 15) is 0 Å². The van der Waals surface area contributed by atoms with Gasteiger partial charge in [0.05, 0.1) is 31.7 Å². The lowest BCUT2D eigenvalue weighted by molar-refractivity contribution is -0.0780. The molecular weight excluding hydrogens is 214 g/mol. The normalized spacial score (nSPS) is 25.6. The van der Waals surface area contributed by atoms with Crippen molar-refractivity contribution in [2.75, 3.05) is 39.4 Å². The van der Waals surface area contributed by atoms with Gasteiger partial charge in [-0.05, 0) is 6.92 Å². The molecule has 2 rings (SSSR count). The molecule has 4 nitrogen and oxygen atoms in total. The molecule has 2 saturated heterocycles. The fourth-order valence-electron chi connectivity index (χ4n) is 2.38. The molecule has 0 aromatic heterocycles. The summed E-state index contributed by atoms with van der Waals surface area (Å²) in [6.07, 6.45) is 4.63. The maximum absolute atomic E-state index is 8.49. The van der Waals surface area contributed by atoms with Crippen LogP contribution in [0.15, 0.2) is 12.2 Å². The summed E-state index contributed by atoms with van der Waals surface area (Å²) in [5.74, 6) is 0. The van der Waals surface area contributed by atoms with Crippen LogP contribution in [0.5, 0.6) is 0 Å². The molecule has 4 heteroatoms. The van der Waals surface area contributed by atoms with Gasteiger partial charge in [0.1, 0.15) is 0 Å². The minimum Gasteiger partial charge on any atom is -0.378 e. The molecule has 2 fully saturated rings. The number of allylic oxidation sites excluding steroid dienone is 1. The van der Waals surface area contributed by atoms with E-state index in [0.717, 1.165) is 39.4 Å². The summed E-state index contributed by atoms with van der Waals surface area (Å²) in [5, 5.41) is 8.49. The highest BCUT2D eigenvalue weighted by atomic mass is 16.5. The smallest absolute Gasteiger partial charge is 0.0663 e. The molecule has 1 atom stereocenters. The van der Waals surface area contributed by atoms with Crippen molar-refractivity contribution < 1.29 is 4.74 Å². The van der Waals surface area contributed by atoms with Gasteiger partial charge in [-0.15, -0.1) is 0 Å². The first-order chi connectivity index (χ1) is 8.31. The van der Waals surface area contributed by atoms with Crippen molar-refractivity contribution in [2.45, 2.75) is 25.4 Å². The van der Waals surface area contributed by atoms with Crippen molar-refractivity contribution in [1.82, 2.24) is 9.80 Å². The molecule has 0 aromatic carbocycles. The fourth-order valence-corrected chi connectivity index (χ4v) is 2.38. The highest BCUT2D eigenvalue weighted by Crippen LogP contribution is 2.14. The van der Waals surface area contributed by atoms with Crippen LogP contribution in [-0.4, -0.2) is 61.3 Å². The molecule has 0 radical (unpaired) electrons. The van der Waals surface area contributed by atoms with Crippen LogP contribution in [-0.2, 0) is 4.74 Å². The van der Waals surface area contributed by atoms with Gasteiger partial charge in [0, 0.05) is 32.2 Å². The van der Waals surface area contributed by atoms with E-state index in [2.05, 4.69) is 28.9 Å². The van der Waals surface area contributed by atoms with Crippen molar-refractivity contribution in [1.29, 1.82) is 5.26 Å². The second-order valence-corrected chi connectivity index (χ2v) is 4.79. The van der Waals surface area contributed by atoms with Crippen LogP contribution in [0.3, 0.4) is 0 Å². The largest absolute Gasteiger partial charge is 0.378 e. The molecule has 0 spiro atoms. The summed E-state index contributed by atoms with van der Waals surface area (Å²) >= 11 is 0. The highest BCUT2D eigenvalue weighted by molar-refractivity contribution is 4.98. The predicted octanol–water partition coefficient (Wildman–Crippen LogP) is 0.861. The molecule has 0 saturated carbocycles. The molecular formula is C13H21N3O. The zero-order valence-electron chi connectivity index (χ0n) is 10.5. The summed E-state index contributed by atoms with van der Waals surface area (Å²) in [4.78, 5) is 5.01. The maximum Gasteiger partial charge on any atom is 0.0663 e. The molecule has 17 heavy (non-hydrogen) atoms. The molecule has 1 unspecified atom stereocenters. The van der Waals surface area contributed by atoms with Crippen LogP contribution >= 0.6 is 0 Å². The highest BCUT2D eigenvalue weighted by Gasteiger charge is 2.29. The molecule has 2 heterocycles. The van der Waals surface area contributed by atoms with E-state index in [1.54, 1.807) is 0 Å². The lowest BCUT2D eigenvalue weighted by Gasteiger charge is -2.43. The van der Waals surface area contributed by atoms with Crippen LogP contribution in [0, 0.1) is 11.3 Å². The Labute approximate surface area is 103 Å². The van der Waals surface area contributed by atoms with Gasteiger partial charge in [0.15, 0.2) is 0 Å². The van der Waals surface area contributed by atoms with Gasteiger partial charge >= 0.3 is 0 Å². The number of rotatable bonds is 4. The Kier molecular flexibility index (Phi) is 4.55. The van der Waals surface area contributed by atoms with Crippen molar-refractivity contribution in [3.05, 3.63) is 12.2 Å². The number of hydrogen-bond donors (Lipinski definition) is 0. The molecule has 0 N–H and O–H groups in total.